The van der Waals surface area contributed by atoms with Gasteiger partial charge in [0.05, 0.1) is 60.6 Å². The molecule has 6 N–H and O–H groups in total. The number of cyclic esters (lactones) is 1. The minimum Gasteiger partial charge on any atom is -0.481 e. The van der Waals surface area contributed by atoms with Gasteiger partial charge in [-0.1, -0.05) is 44.2 Å². The molecular weight excluding hydrogens is 990 g/mol. The Morgan fingerprint density at radius 1 is 0.921 bits per heavy atom. The molecule has 3 aliphatic heterocycles. The molecule has 1 fully saturated rings. The highest BCUT2D eigenvalue weighted by molar-refractivity contribution is 6.03. The summed E-state index contributed by atoms with van der Waals surface area (Å²) in [4.78, 5) is 148. The van der Waals surface area contributed by atoms with E-state index in [1.54, 1.807) is 57.2 Å². The molecule has 76 heavy (non-hydrogen) atoms. The maximum absolute atomic E-state index is 15.5. The number of benzene rings is 2. The van der Waals surface area contributed by atoms with Crippen LogP contribution in [0.1, 0.15) is 117 Å². The topological polar surface area (TPSA) is 307 Å². The molecule has 2 aromatic heterocycles. The number of carbonyl (C=O) groups excluding carboxylic acids is 9. The van der Waals surface area contributed by atoms with E-state index in [1.165, 1.54) is 10.6 Å². The van der Waals surface area contributed by atoms with Gasteiger partial charge in [0.2, 0.25) is 35.4 Å². The predicted molar refractivity (Wildman–Crippen MR) is 266 cm³/mol. The lowest BCUT2D eigenvalue weighted by Crippen LogP contribution is -2.44. The Hall–Kier alpha value is -8.01. The molecule has 1 aliphatic carbocycles. The van der Waals surface area contributed by atoms with Crippen LogP contribution in [0.4, 0.5) is 4.39 Å². The van der Waals surface area contributed by atoms with E-state index in [2.05, 4.69) is 21.3 Å². The summed E-state index contributed by atoms with van der Waals surface area (Å²) >= 11 is 0. The average molecular weight is 1050 g/mol. The van der Waals surface area contributed by atoms with E-state index in [1.807, 2.05) is 0 Å². The first kappa shape index (κ1) is 54.3. The fraction of sp³-hybridized carbons (Fsp3) is 0.444. The lowest BCUT2D eigenvalue weighted by molar-refractivity contribution is -0.172. The Labute approximate surface area is 434 Å². The van der Waals surface area contributed by atoms with Crippen molar-refractivity contribution in [3.63, 3.8) is 0 Å². The van der Waals surface area contributed by atoms with Crippen LogP contribution >= 0.6 is 0 Å². The van der Waals surface area contributed by atoms with Crippen LogP contribution in [0.5, 0.6) is 0 Å². The van der Waals surface area contributed by atoms with Crippen LogP contribution in [0, 0.1) is 24.6 Å². The number of fused-ring (bicyclic) bond motifs is 5. The number of esters is 1. The minimum atomic E-state index is -2.08. The summed E-state index contributed by atoms with van der Waals surface area (Å²) in [5.41, 5.74) is 1.58. The molecule has 0 spiro atoms. The molecule has 4 aromatic rings. The number of rotatable bonds is 22. The molecular formula is C54H58FN7O14. The number of hydrogen-bond acceptors (Lipinski definition) is 14. The molecule has 0 radical (unpaired) electrons. The highest BCUT2D eigenvalue weighted by Crippen LogP contribution is 2.46. The van der Waals surface area contributed by atoms with E-state index in [0.717, 1.165) is 4.90 Å². The van der Waals surface area contributed by atoms with Crippen LogP contribution in [0.15, 0.2) is 47.3 Å². The first-order valence-electron chi connectivity index (χ1n) is 25.3. The number of aromatic nitrogens is 2. The Morgan fingerprint density at radius 2 is 1.67 bits per heavy atom. The highest BCUT2D eigenvalue weighted by atomic mass is 19.1. The lowest BCUT2D eigenvalue weighted by atomic mass is 9.81. The van der Waals surface area contributed by atoms with Crippen molar-refractivity contribution in [3.8, 4) is 11.4 Å². The molecule has 0 saturated carbocycles. The summed E-state index contributed by atoms with van der Waals surface area (Å²) in [5.74, 6) is -8.86. The number of Topliss-reactive ketones (excluding diaryl/α,β-unsaturated/α-hetero) is 2. The third-order valence-electron chi connectivity index (χ3n) is 14.7. The number of carboxylic acid groups (broad SMARTS) is 1. The number of carboxylic acids is 1. The van der Waals surface area contributed by atoms with Crippen LogP contribution in [0.3, 0.4) is 0 Å². The number of likely N-dealkylation sites (tertiary alicyclic amines) is 1. The van der Waals surface area contributed by atoms with Crippen molar-refractivity contribution in [1.29, 1.82) is 0 Å². The number of nitrogens with one attached hydrogen (secondary N) is 4. The molecule has 22 heteroatoms. The number of ether oxygens (including phenoxy) is 1. The summed E-state index contributed by atoms with van der Waals surface area (Å²) in [6, 6.07) is 9.49. The maximum atomic E-state index is 15.5. The van der Waals surface area contributed by atoms with Gasteiger partial charge in [0.1, 0.15) is 12.4 Å². The van der Waals surface area contributed by atoms with Crippen molar-refractivity contribution < 1.29 is 67.3 Å². The number of amides is 6. The van der Waals surface area contributed by atoms with Gasteiger partial charge in [-0.3, -0.25) is 52.8 Å². The van der Waals surface area contributed by atoms with Gasteiger partial charge in [0.25, 0.3) is 5.56 Å². The zero-order valence-electron chi connectivity index (χ0n) is 42.2. The van der Waals surface area contributed by atoms with Gasteiger partial charge in [-0.05, 0) is 67.3 Å². The second-order valence-corrected chi connectivity index (χ2v) is 19.9. The molecule has 5 atom stereocenters. The van der Waals surface area contributed by atoms with E-state index in [0.29, 0.717) is 57.4 Å². The van der Waals surface area contributed by atoms with E-state index in [-0.39, 0.29) is 86.7 Å². The van der Waals surface area contributed by atoms with Gasteiger partial charge in [-0.2, -0.15) is 0 Å². The number of aliphatic carboxylic acids is 1. The number of imide groups is 1. The van der Waals surface area contributed by atoms with Crippen LogP contribution in [-0.2, 0) is 84.3 Å². The fourth-order valence-electron chi connectivity index (χ4n) is 10.6. The van der Waals surface area contributed by atoms with Crippen molar-refractivity contribution >= 4 is 69.9 Å². The van der Waals surface area contributed by atoms with Gasteiger partial charge in [-0.15, -0.1) is 0 Å². The third kappa shape index (κ3) is 11.2. The Morgan fingerprint density at radius 3 is 2.37 bits per heavy atom. The fourth-order valence-corrected chi connectivity index (χ4v) is 10.6. The normalized spacial score (nSPS) is 19.0. The molecule has 2 aromatic carbocycles. The number of halogens is 1. The molecule has 21 nitrogen and oxygen atoms in total. The summed E-state index contributed by atoms with van der Waals surface area (Å²) in [6.07, 6.45) is -1.40. The van der Waals surface area contributed by atoms with Crippen LogP contribution in [0.2, 0.25) is 0 Å². The van der Waals surface area contributed by atoms with Crippen molar-refractivity contribution in [3.05, 3.63) is 97.6 Å². The van der Waals surface area contributed by atoms with Crippen LogP contribution in [-0.4, -0.2) is 109 Å². The molecule has 1 saturated heterocycles. The van der Waals surface area contributed by atoms with Crippen molar-refractivity contribution in [2.45, 2.75) is 122 Å². The van der Waals surface area contributed by atoms with Crippen molar-refractivity contribution in [2.24, 2.45) is 11.8 Å². The van der Waals surface area contributed by atoms with Crippen LogP contribution < -0.4 is 26.8 Å². The number of aryl methyl sites for hydroxylation is 1. The largest absolute Gasteiger partial charge is 0.481 e. The lowest BCUT2D eigenvalue weighted by Gasteiger charge is -2.31. The van der Waals surface area contributed by atoms with Gasteiger partial charge < -0.3 is 40.8 Å². The van der Waals surface area contributed by atoms with Gasteiger partial charge in [-0.25, -0.2) is 14.2 Å². The second-order valence-electron chi connectivity index (χ2n) is 19.9. The highest BCUT2D eigenvalue weighted by Gasteiger charge is 2.46. The quantitative estimate of drug-likeness (QED) is 0.0428. The van der Waals surface area contributed by atoms with E-state index >= 15 is 4.39 Å². The molecule has 0 bridgehead atoms. The Kier molecular flexibility index (Phi) is 16.0. The Balaban J connectivity index is 0.892. The molecule has 400 valence electrons. The minimum absolute atomic E-state index is 0.0107. The summed E-state index contributed by atoms with van der Waals surface area (Å²) in [7, 11) is 0. The van der Waals surface area contributed by atoms with Crippen molar-refractivity contribution in [1.82, 2.24) is 35.7 Å². The summed E-state index contributed by atoms with van der Waals surface area (Å²) < 4.78 is 22.1. The van der Waals surface area contributed by atoms with Crippen molar-refractivity contribution in [2.75, 3.05) is 19.6 Å². The number of hydrogen-bond donors (Lipinski definition) is 6. The Bertz CT molecular complexity index is 3180. The van der Waals surface area contributed by atoms with Gasteiger partial charge in [0, 0.05) is 73.1 Å². The van der Waals surface area contributed by atoms with E-state index < -0.39 is 120 Å². The van der Waals surface area contributed by atoms with Crippen LogP contribution in [0.25, 0.3) is 22.3 Å². The molecule has 6 amide bonds. The SMILES string of the molecule is CC[C@@]1(O)C(=O)OCc2c1cc1n(c2=O)Cc2c-1nc1cc(F)c(C)c3c1c2[C@@H](NC(=O)CNC(=O)[C@@H](CC(=O)CNC(=O)CCC(=O)[C@H](CC(=O)O)NC(=O)CCCN1C(=O)CC(C)C1=O)Cc1ccccc1)CC3. The number of nitrogens with zero attached hydrogens (tertiary/aromatic N) is 3. The van der Waals surface area contributed by atoms with E-state index in [4.69, 9.17) is 9.72 Å². The van der Waals surface area contributed by atoms with Gasteiger partial charge in [0.15, 0.2) is 17.2 Å². The average Bonchev–Trinajstić information content (AvgIpc) is 3.97. The number of carbonyl (C=O) groups is 10. The first-order valence-corrected chi connectivity index (χ1v) is 25.3. The number of pyridine rings is 2. The monoisotopic (exact) mass is 1050 g/mol. The standard InChI is InChI=1S/C54H58FN7O14/c1-4-54(75)35-20-40-49-33(25-62(40)52(73)34(35)26-76-53(54)74)48-37(13-12-32-28(3)36(55)21-39(60-49)47(32)48)58-44(67)24-57-50(71)30(18-29-9-6-5-7-10-29)19-31(63)23-56-42(65)15-14-41(64)38(22-46(69)70)59-43(66)11-8-16-61-45(68)17-27(2)51(61)72/h5-7,9-10,20-21,27,30,37-38,75H,4,8,11-19,22-26H2,1-3H3,(H,56,65)(H,57,71)(H,58,67)(H,59,66)(H,69,70)/t27?,30-,37+,38+,54+/m1/s1. The zero-order chi connectivity index (χ0) is 54.7. The molecule has 5 heterocycles. The smallest absolute Gasteiger partial charge is 0.343 e. The second kappa shape index (κ2) is 22.5. The molecule has 4 aliphatic rings. The van der Waals surface area contributed by atoms with E-state index in [9.17, 15) is 63.0 Å². The zero-order valence-corrected chi connectivity index (χ0v) is 42.2. The molecule has 8 rings (SSSR count). The van der Waals surface area contributed by atoms with Gasteiger partial charge >= 0.3 is 11.9 Å². The third-order valence-corrected chi connectivity index (χ3v) is 14.7. The maximum Gasteiger partial charge on any atom is 0.343 e. The first-order chi connectivity index (χ1) is 36.2. The number of ketones is 2. The molecule has 1 unspecified atom stereocenters. The number of aliphatic hydroxyl groups is 1. The predicted octanol–water partition coefficient (Wildman–Crippen LogP) is 2.17. The summed E-state index contributed by atoms with van der Waals surface area (Å²) in [5, 5.41) is 31.9. The summed E-state index contributed by atoms with van der Waals surface area (Å²) in [6.45, 7) is 3.50.